The van der Waals surface area contributed by atoms with Crippen LogP contribution in [-0.2, 0) is 29.0 Å². The Hall–Kier alpha value is -0.320. The molecule has 0 aromatic rings. The normalized spacial score (nSPS) is 41.4. The molecule has 118 valence electrons. The SMILES string of the molecule is COC1CCCC1(OO)OOC1(OO)CCCC1OC. The molecule has 0 aromatic carbocycles. The molecule has 2 rings (SSSR count). The predicted octanol–water partition coefficient (Wildman–Crippen LogP) is 1.70. The highest BCUT2D eigenvalue weighted by Crippen LogP contribution is 2.41. The molecule has 0 heterocycles. The molecular weight excluding hydrogens is 272 g/mol. The monoisotopic (exact) mass is 294 g/mol. The van der Waals surface area contributed by atoms with Gasteiger partial charge in [-0.1, -0.05) is 0 Å². The maximum atomic E-state index is 9.15. The first kappa shape index (κ1) is 16.1. The van der Waals surface area contributed by atoms with Gasteiger partial charge in [0.1, 0.15) is 12.2 Å². The second kappa shape index (κ2) is 6.63. The summed E-state index contributed by atoms with van der Waals surface area (Å²) < 4.78 is 10.5. The van der Waals surface area contributed by atoms with Crippen LogP contribution in [0.4, 0.5) is 0 Å². The summed E-state index contributed by atoms with van der Waals surface area (Å²) in [7, 11) is 3.00. The number of hydrogen-bond acceptors (Lipinski definition) is 8. The van der Waals surface area contributed by atoms with E-state index in [-0.39, 0.29) is 0 Å². The second-order valence-electron chi connectivity index (χ2n) is 5.21. The van der Waals surface area contributed by atoms with Crippen molar-refractivity contribution in [2.24, 2.45) is 0 Å². The van der Waals surface area contributed by atoms with Gasteiger partial charge in [0, 0.05) is 27.1 Å². The van der Waals surface area contributed by atoms with E-state index in [1.54, 1.807) is 0 Å². The fourth-order valence-corrected chi connectivity index (χ4v) is 3.00. The van der Waals surface area contributed by atoms with Crippen LogP contribution >= 0.6 is 0 Å². The van der Waals surface area contributed by atoms with E-state index < -0.39 is 23.8 Å². The Bertz CT molecular complexity index is 284. The van der Waals surface area contributed by atoms with E-state index in [1.807, 2.05) is 0 Å². The number of hydrogen-bond donors (Lipinski definition) is 2. The molecule has 2 aliphatic rings. The lowest BCUT2D eigenvalue weighted by Crippen LogP contribution is -2.50. The van der Waals surface area contributed by atoms with Crippen molar-refractivity contribution in [1.29, 1.82) is 0 Å². The summed E-state index contributed by atoms with van der Waals surface area (Å²) in [5.41, 5.74) is 0. The molecule has 0 saturated heterocycles. The molecule has 2 N–H and O–H groups in total. The standard InChI is InChI=1S/C12H22O8/c1-15-9-5-3-7-11(9,17-13)19-20-12(18-14)8-4-6-10(12)16-2/h9-10,13-14H,3-8H2,1-2H3. The second-order valence-corrected chi connectivity index (χ2v) is 5.21. The zero-order valence-corrected chi connectivity index (χ0v) is 11.7. The number of rotatable bonds is 7. The van der Waals surface area contributed by atoms with Crippen LogP contribution in [0.25, 0.3) is 0 Å². The summed E-state index contributed by atoms with van der Waals surface area (Å²) in [6, 6.07) is 0. The minimum Gasteiger partial charge on any atom is -0.376 e. The molecule has 8 nitrogen and oxygen atoms in total. The topological polar surface area (TPSA) is 95.8 Å². The third-order valence-electron chi connectivity index (χ3n) is 4.17. The summed E-state index contributed by atoms with van der Waals surface area (Å²) in [6.45, 7) is 0. The fourth-order valence-electron chi connectivity index (χ4n) is 3.00. The highest BCUT2D eigenvalue weighted by atomic mass is 17.3. The van der Waals surface area contributed by atoms with Crippen LogP contribution in [0, 0.1) is 0 Å². The van der Waals surface area contributed by atoms with E-state index in [0.29, 0.717) is 25.7 Å². The molecule has 0 aromatic heterocycles. The van der Waals surface area contributed by atoms with Crippen LogP contribution in [0.15, 0.2) is 0 Å². The van der Waals surface area contributed by atoms with Gasteiger partial charge in [-0.3, -0.25) is 0 Å². The minimum absolute atomic E-state index is 0.404. The largest absolute Gasteiger partial charge is 0.376 e. The van der Waals surface area contributed by atoms with Crippen molar-refractivity contribution in [1.82, 2.24) is 0 Å². The van der Waals surface area contributed by atoms with Crippen molar-refractivity contribution in [3.63, 3.8) is 0 Å². The molecule has 0 aliphatic heterocycles. The molecule has 4 atom stereocenters. The van der Waals surface area contributed by atoms with Gasteiger partial charge in [0.25, 0.3) is 11.6 Å². The van der Waals surface area contributed by atoms with E-state index in [0.717, 1.165) is 12.8 Å². The van der Waals surface area contributed by atoms with Crippen molar-refractivity contribution in [3.05, 3.63) is 0 Å². The van der Waals surface area contributed by atoms with E-state index in [1.165, 1.54) is 14.2 Å². The number of ether oxygens (including phenoxy) is 2. The third-order valence-corrected chi connectivity index (χ3v) is 4.17. The summed E-state index contributed by atoms with van der Waals surface area (Å²) in [6.07, 6.45) is 2.72. The maximum absolute atomic E-state index is 9.15. The lowest BCUT2D eigenvalue weighted by Gasteiger charge is -2.35. The van der Waals surface area contributed by atoms with E-state index in [9.17, 15) is 0 Å². The molecule has 0 bridgehead atoms. The molecule has 4 unspecified atom stereocenters. The zero-order chi connectivity index (χ0) is 14.6. The first-order chi connectivity index (χ1) is 9.66. The average molecular weight is 294 g/mol. The highest BCUT2D eigenvalue weighted by Gasteiger charge is 2.54. The molecule has 0 amide bonds. The van der Waals surface area contributed by atoms with Crippen molar-refractivity contribution in [2.45, 2.75) is 62.3 Å². The predicted molar refractivity (Wildman–Crippen MR) is 64.4 cm³/mol. The minimum atomic E-state index is -1.42. The number of methoxy groups -OCH3 is 2. The Morgan fingerprint density at radius 3 is 1.50 bits per heavy atom. The third kappa shape index (κ3) is 2.70. The first-order valence-electron chi connectivity index (χ1n) is 6.74. The summed E-state index contributed by atoms with van der Waals surface area (Å²) in [4.78, 5) is 19.5. The van der Waals surface area contributed by atoms with Crippen molar-refractivity contribution >= 4 is 0 Å². The van der Waals surface area contributed by atoms with E-state index in [2.05, 4.69) is 9.78 Å². The molecule has 2 fully saturated rings. The van der Waals surface area contributed by atoms with Gasteiger partial charge < -0.3 is 9.47 Å². The summed E-state index contributed by atoms with van der Waals surface area (Å²) >= 11 is 0. The summed E-state index contributed by atoms with van der Waals surface area (Å²) in [5, 5.41) is 18.3. The Morgan fingerprint density at radius 2 is 1.20 bits per heavy atom. The van der Waals surface area contributed by atoms with Crippen LogP contribution in [0.5, 0.6) is 0 Å². The molecule has 0 spiro atoms. The smallest absolute Gasteiger partial charge is 0.259 e. The maximum Gasteiger partial charge on any atom is 0.259 e. The van der Waals surface area contributed by atoms with Crippen LogP contribution < -0.4 is 0 Å². The van der Waals surface area contributed by atoms with Gasteiger partial charge in [0.15, 0.2) is 0 Å². The van der Waals surface area contributed by atoms with Gasteiger partial charge in [-0.25, -0.2) is 10.5 Å². The molecular formula is C12H22O8. The van der Waals surface area contributed by atoms with Crippen LogP contribution in [0.1, 0.15) is 38.5 Å². The van der Waals surface area contributed by atoms with Crippen molar-refractivity contribution in [2.75, 3.05) is 14.2 Å². The van der Waals surface area contributed by atoms with Crippen LogP contribution in [0.2, 0.25) is 0 Å². The zero-order valence-electron chi connectivity index (χ0n) is 11.7. The molecule has 20 heavy (non-hydrogen) atoms. The Balaban J connectivity index is 2.05. The average Bonchev–Trinajstić information content (AvgIpc) is 3.09. The van der Waals surface area contributed by atoms with Gasteiger partial charge in [-0.15, -0.1) is 0 Å². The molecule has 2 aliphatic carbocycles. The fraction of sp³-hybridized carbons (Fsp3) is 1.00. The highest BCUT2D eigenvalue weighted by molar-refractivity contribution is 4.88. The molecule has 0 radical (unpaired) electrons. The van der Waals surface area contributed by atoms with Crippen LogP contribution in [-0.4, -0.2) is 48.5 Å². The van der Waals surface area contributed by atoms with Gasteiger partial charge >= 0.3 is 0 Å². The Kier molecular flexibility index (Phi) is 5.32. The Labute approximate surface area is 117 Å². The first-order valence-corrected chi connectivity index (χ1v) is 6.74. The van der Waals surface area contributed by atoms with Gasteiger partial charge in [-0.05, 0) is 25.7 Å². The van der Waals surface area contributed by atoms with Crippen molar-refractivity contribution < 1.29 is 39.5 Å². The Morgan fingerprint density at radius 1 is 0.800 bits per heavy atom. The lowest BCUT2D eigenvalue weighted by molar-refractivity contribution is -0.583. The van der Waals surface area contributed by atoms with E-state index >= 15 is 0 Å². The van der Waals surface area contributed by atoms with Gasteiger partial charge in [-0.2, -0.15) is 19.6 Å². The molecule has 2 saturated carbocycles. The quantitative estimate of drug-likeness (QED) is 0.416. The van der Waals surface area contributed by atoms with Gasteiger partial charge in [0.05, 0.1) is 0 Å². The lowest BCUT2D eigenvalue weighted by atomic mass is 10.2. The van der Waals surface area contributed by atoms with Gasteiger partial charge in [0.2, 0.25) is 0 Å². The van der Waals surface area contributed by atoms with E-state index in [4.69, 9.17) is 29.8 Å². The van der Waals surface area contributed by atoms with Crippen LogP contribution in [0.3, 0.4) is 0 Å². The molecule has 8 heteroatoms. The summed E-state index contributed by atoms with van der Waals surface area (Å²) in [5.74, 6) is -2.83. The van der Waals surface area contributed by atoms with Crippen molar-refractivity contribution in [3.8, 4) is 0 Å².